The van der Waals surface area contributed by atoms with Gasteiger partial charge in [0, 0.05) is 5.57 Å². The fraction of sp³-hybridized carbons (Fsp3) is 0.158. The third-order valence-corrected chi connectivity index (χ3v) is 3.81. The largest absolute Gasteiger partial charge is 0.416 e. The first-order valence-corrected chi connectivity index (χ1v) is 8.21. The molecule has 0 aliphatic carbocycles. The highest BCUT2D eigenvalue weighted by Gasteiger charge is 2.32. The van der Waals surface area contributed by atoms with Gasteiger partial charge >= 0.3 is 12.4 Å². The van der Waals surface area contributed by atoms with Crippen LogP contribution in [0.15, 0.2) is 48.6 Å². The molecular formula is C19H12F8N2O2. The molecule has 166 valence electrons. The summed E-state index contributed by atoms with van der Waals surface area (Å²) in [6.07, 6.45) is -10.3. The predicted octanol–water partition coefficient (Wildman–Crippen LogP) is 5.53. The van der Waals surface area contributed by atoms with Crippen LogP contribution in [0.3, 0.4) is 0 Å². The van der Waals surface area contributed by atoms with E-state index in [4.69, 9.17) is 0 Å². The van der Waals surface area contributed by atoms with Crippen molar-refractivity contribution in [2.75, 3.05) is 10.6 Å². The van der Waals surface area contributed by atoms with Crippen LogP contribution in [-0.4, -0.2) is 11.8 Å². The van der Waals surface area contributed by atoms with Crippen LogP contribution < -0.4 is 10.6 Å². The lowest BCUT2D eigenvalue weighted by atomic mass is 10.1. The molecule has 12 heteroatoms. The second-order valence-electron chi connectivity index (χ2n) is 6.17. The van der Waals surface area contributed by atoms with Crippen LogP contribution in [0, 0.1) is 11.6 Å². The van der Waals surface area contributed by atoms with Crippen LogP contribution in [0.5, 0.6) is 0 Å². The van der Waals surface area contributed by atoms with Gasteiger partial charge in [-0.2, -0.15) is 26.3 Å². The van der Waals surface area contributed by atoms with Gasteiger partial charge in [0.2, 0.25) is 5.91 Å². The second kappa shape index (κ2) is 8.74. The zero-order chi connectivity index (χ0) is 23.6. The number of amides is 2. The van der Waals surface area contributed by atoms with E-state index >= 15 is 0 Å². The summed E-state index contributed by atoms with van der Waals surface area (Å²) >= 11 is 0. The van der Waals surface area contributed by atoms with Crippen LogP contribution in [0.4, 0.5) is 46.5 Å². The van der Waals surface area contributed by atoms with E-state index in [1.807, 2.05) is 10.6 Å². The number of carbonyl (C=O) groups is 2. The van der Waals surface area contributed by atoms with Gasteiger partial charge in [-0.3, -0.25) is 9.59 Å². The maximum absolute atomic E-state index is 13.8. The molecule has 2 rings (SSSR count). The molecule has 4 nitrogen and oxygen atoms in total. The molecule has 2 N–H and O–H groups in total. The molecule has 2 aromatic rings. The van der Waals surface area contributed by atoms with Crippen LogP contribution in [-0.2, 0) is 21.9 Å². The number of hydrogen-bond acceptors (Lipinski definition) is 2. The number of alkyl halides is 6. The molecule has 0 spiro atoms. The standard InChI is InChI=1S/C19H12F8N2O2/c1-9(17(31)29-15-5-3-11(8-13(15)21)19(25,26)27)6-16(30)28-14-4-2-10(7-12(14)20)18(22,23)24/h2-5,7-8H,1,6H2,(H,28,30)(H,29,31). The third kappa shape index (κ3) is 6.27. The first kappa shape index (κ1) is 23.8. The molecule has 0 saturated heterocycles. The third-order valence-electron chi connectivity index (χ3n) is 3.81. The Labute approximate surface area is 169 Å². The highest BCUT2D eigenvalue weighted by Crippen LogP contribution is 2.32. The van der Waals surface area contributed by atoms with Crippen LogP contribution in [0.1, 0.15) is 17.5 Å². The normalized spacial score (nSPS) is 11.7. The molecule has 0 atom stereocenters. The van der Waals surface area contributed by atoms with Crippen LogP contribution in [0.25, 0.3) is 0 Å². The first-order valence-electron chi connectivity index (χ1n) is 8.21. The van der Waals surface area contributed by atoms with Crippen molar-refractivity contribution in [1.29, 1.82) is 0 Å². The molecule has 0 aliphatic heterocycles. The number of rotatable bonds is 5. The zero-order valence-corrected chi connectivity index (χ0v) is 15.2. The Balaban J connectivity index is 2.00. The smallest absolute Gasteiger partial charge is 0.323 e. The molecule has 2 amide bonds. The van der Waals surface area contributed by atoms with Gasteiger partial charge in [0.1, 0.15) is 11.6 Å². The average molecular weight is 452 g/mol. The fourth-order valence-electron chi connectivity index (χ4n) is 2.26. The Kier molecular flexibility index (Phi) is 6.72. The second-order valence-corrected chi connectivity index (χ2v) is 6.17. The van der Waals surface area contributed by atoms with E-state index < -0.39 is 70.3 Å². The molecule has 2 aromatic carbocycles. The lowest BCUT2D eigenvalue weighted by molar-refractivity contribution is -0.138. The molecule has 0 aliphatic rings. The topological polar surface area (TPSA) is 58.2 Å². The van der Waals surface area contributed by atoms with Gasteiger partial charge in [0.25, 0.3) is 5.91 Å². The molecule has 0 radical (unpaired) electrons. The lowest BCUT2D eigenvalue weighted by Crippen LogP contribution is -2.20. The Morgan fingerprint density at radius 1 is 0.774 bits per heavy atom. The summed E-state index contributed by atoms with van der Waals surface area (Å²) in [7, 11) is 0. The summed E-state index contributed by atoms with van der Waals surface area (Å²) in [6, 6.07) is 2.75. The fourth-order valence-corrected chi connectivity index (χ4v) is 2.26. The molecule has 0 unspecified atom stereocenters. The van der Waals surface area contributed by atoms with Crippen molar-refractivity contribution in [2.45, 2.75) is 18.8 Å². The molecule has 31 heavy (non-hydrogen) atoms. The summed E-state index contributed by atoms with van der Waals surface area (Å²) in [5.41, 5.74) is -4.21. The number of nitrogens with one attached hydrogen (secondary N) is 2. The zero-order valence-electron chi connectivity index (χ0n) is 15.2. The monoisotopic (exact) mass is 452 g/mol. The van der Waals surface area contributed by atoms with Gasteiger partial charge in [-0.15, -0.1) is 0 Å². The minimum atomic E-state index is -4.79. The average Bonchev–Trinajstić information content (AvgIpc) is 2.63. The predicted molar refractivity (Wildman–Crippen MR) is 93.8 cm³/mol. The number of hydrogen-bond donors (Lipinski definition) is 2. The Bertz CT molecular complexity index is 1030. The minimum Gasteiger partial charge on any atom is -0.323 e. The van der Waals surface area contributed by atoms with E-state index in [1.165, 1.54) is 0 Å². The van der Waals surface area contributed by atoms with Crippen molar-refractivity contribution < 1.29 is 44.7 Å². The van der Waals surface area contributed by atoms with Gasteiger partial charge in [-0.25, -0.2) is 8.78 Å². The van der Waals surface area contributed by atoms with E-state index in [2.05, 4.69) is 6.58 Å². The van der Waals surface area contributed by atoms with Crippen molar-refractivity contribution in [2.24, 2.45) is 0 Å². The van der Waals surface area contributed by atoms with Gasteiger partial charge in [0.15, 0.2) is 0 Å². The molecule has 0 fully saturated rings. The molecule has 0 saturated carbocycles. The number of anilines is 2. The van der Waals surface area contributed by atoms with Crippen molar-refractivity contribution in [3.63, 3.8) is 0 Å². The number of carbonyl (C=O) groups excluding carboxylic acids is 2. The maximum Gasteiger partial charge on any atom is 0.416 e. The van der Waals surface area contributed by atoms with Gasteiger partial charge in [-0.05, 0) is 36.4 Å². The van der Waals surface area contributed by atoms with E-state index in [-0.39, 0.29) is 12.1 Å². The van der Waals surface area contributed by atoms with Crippen molar-refractivity contribution in [3.05, 3.63) is 71.3 Å². The Morgan fingerprint density at radius 3 is 1.58 bits per heavy atom. The highest BCUT2D eigenvalue weighted by molar-refractivity contribution is 6.07. The van der Waals surface area contributed by atoms with E-state index in [1.54, 1.807) is 0 Å². The summed E-state index contributed by atoms with van der Waals surface area (Å²) in [6.45, 7) is 3.27. The summed E-state index contributed by atoms with van der Waals surface area (Å²) in [4.78, 5) is 23.9. The Morgan fingerprint density at radius 2 is 1.19 bits per heavy atom. The van der Waals surface area contributed by atoms with Gasteiger partial charge in [0.05, 0.1) is 28.9 Å². The van der Waals surface area contributed by atoms with Crippen molar-refractivity contribution in [1.82, 2.24) is 0 Å². The van der Waals surface area contributed by atoms with Crippen LogP contribution >= 0.6 is 0 Å². The summed E-state index contributed by atoms with van der Waals surface area (Å²) in [5, 5.41) is 3.89. The van der Waals surface area contributed by atoms with Gasteiger partial charge in [-0.1, -0.05) is 6.58 Å². The summed E-state index contributed by atoms with van der Waals surface area (Å²) in [5.74, 6) is -4.88. The first-order chi connectivity index (χ1) is 14.2. The lowest BCUT2D eigenvalue weighted by Gasteiger charge is -2.12. The molecular weight excluding hydrogens is 440 g/mol. The SMILES string of the molecule is C=C(CC(=O)Nc1ccc(C(F)(F)F)cc1F)C(=O)Nc1ccc(C(F)(F)F)cc1F. The Hall–Kier alpha value is -3.44. The van der Waals surface area contributed by atoms with E-state index in [0.29, 0.717) is 24.3 Å². The van der Waals surface area contributed by atoms with Gasteiger partial charge < -0.3 is 10.6 Å². The molecule has 0 heterocycles. The minimum absolute atomic E-state index is 0.165. The van der Waals surface area contributed by atoms with E-state index in [9.17, 15) is 44.7 Å². The molecule has 0 aromatic heterocycles. The highest BCUT2D eigenvalue weighted by atomic mass is 19.4. The quantitative estimate of drug-likeness (QED) is 0.463. The van der Waals surface area contributed by atoms with Crippen molar-refractivity contribution >= 4 is 23.2 Å². The van der Waals surface area contributed by atoms with Crippen LogP contribution in [0.2, 0.25) is 0 Å². The molecule has 0 bridgehead atoms. The number of halogens is 8. The van der Waals surface area contributed by atoms with Crippen molar-refractivity contribution in [3.8, 4) is 0 Å². The van der Waals surface area contributed by atoms with E-state index in [0.717, 1.165) is 0 Å². The summed E-state index contributed by atoms with van der Waals surface area (Å²) < 4.78 is 103. The maximum atomic E-state index is 13.8. The number of benzene rings is 2.